The molecule has 20 heavy (non-hydrogen) atoms. The van der Waals surface area contributed by atoms with Crippen LogP contribution in [-0.4, -0.2) is 42.3 Å². The highest BCUT2D eigenvalue weighted by atomic mass is 16.6. The predicted molar refractivity (Wildman–Crippen MR) is 75.1 cm³/mol. The monoisotopic (exact) mass is 275 g/mol. The molecule has 2 aliphatic rings. The third-order valence-electron chi connectivity index (χ3n) is 4.28. The zero-order valence-corrected chi connectivity index (χ0v) is 11.3. The molecular formula is C14H17N3O3. The van der Waals surface area contributed by atoms with Crippen LogP contribution in [0.25, 0.3) is 0 Å². The van der Waals surface area contributed by atoms with Gasteiger partial charge in [0.15, 0.2) is 0 Å². The Labute approximate surface area is 116 Å². The van der Waals surface area contributed by atoms with Crippen molar-refractivity contribution in [3.8, 4) is 0 Å². The van der Waals surface area contributed by atoms with Gasteiger partial charge >= 0.3 is 0 Å². The minimum Gasteiger partial charge on any atom is -0.377 e. The van der Waals surface area contributed by atoms with Crippen molar-refractivity contribution >= 4 is 17.7 Å². The number of nitro benzene ring substituents is 1. The standard InChI is InChI=1S/C14H17N3O3/c1-16-8-14(9-16)5-11(6-14)15-12-3-2-10(7-18)4-13(12)17(19)20/h2-4,7,11,15H,5-6,8-9H2,1H3. The molecule has 106 valence electrons. The van der Waals surface area contributed by atoms with Crippen LogP contribution in [0.3, 0.4) is 0 Å². The SMILES string of the molecule is CN1CC2(CC(Nc3ccc(C=O)cc3[N+](=O)[O-])C2)C1. The van der Waals surface area contributed by atoms with Gasteiger partial charge in [0.2, 0.25) is 0 Å². The van der Waals surface area contributed by atoms with E-state index in [0.29, 0.717) is 29.0 Å². The number of hydrogen-bond donors (Lipinski definition) is 1. The molecule has 0 aromatic heterocycles. The summed E-state index contributed by atoms with van der Waals surface area (Å²) in [5.41, 5.74) is 1.24. The molecule has 0 bridgehead atoms. The quantitative estimate of drug-likeness (QED) is 0.516. The van der Waals surface area contributed by atoms with Gasteiger partial charge in [-0.25, -0.2) is 0 Å². The summed E-state index contributed by atoms with van der Waals surface area (Å²) in [7, 11) is 2.11. The van der Waals surface area contributed by atoms with Crippen LogP contribution in [-0.2, 0) is 0 Å². The van der Waals surface area contributed by atoms with Gasteiger partial charge in [-0.15, -0.1) is 0 Å². The van der Waals surface area contributed by atoms with Gasteiger partial charge in [-0.05, 0) is 37.4 Å². The van der Waals surface area contributed by atoms with E-state index in [1.54, 1.807) is 12.1 Å². The number of nitro groups is 1. The van der Waals surface area contributed by atoms with E-state index in [0.717, 1.165) is 25.9 Å². The molecule has 6 heteroatoms. The van der Waals surface area contributed by atoms with Gasteiger partial charge < -0.3 is 10.2 Å². The Bertz CT molecular complexity index is 559. The average Bonchev–Trinajstić information content (AvgIpc) is 2.34. The van der Waals surface area contributed by atoms with Crippen molar-refractivity contribution in [3.05, 3.63) is 33.9 Å². The Morgan fingerprint density at radius 1 is 1.45 bits per heavy atom. The molecule has 2 fully saturated rings. The number of anilines is 1. The highest BCUT2D eigenvalue weighted by Crippen LogP contribution is 2.49. The third kappa shape index (κ3) is 2.16. The molecule has 0 unspecified atom stereocenters. The molecule has 1 aliphatic carbocycles. The fourth-order valence-corrected chi connectivity index (χ4v) is 3.56. The fraction of sp³-hybridized carbons (Fsp3) is 0.500. The second-order valence-electron chi connectivity index (χ2n) is 6.07. The largest absolute Gasteiger partial charge is 0.377 e. The summed E-state index contributed by atoms with van der Waals surface area (Å²) in [6, 6.07) is 4.85. The molecule has 0 atom stereocenters. The summed E-state index contributed by atoms with van der Waals surface area (Å²) in [6.07, 6.45) is 2.74. The van der Waals surface area contributed by atoms with Gasteiger partial charge in [0.05, 0.1) is 4.92 Å². The smallest absolute Gasteiger partial charge is 0.293 e. The van der Waals surface area contributed by atoms with Crippen LogP contribution in [0.15, 0.2) is 18.2 Å². The minimum absolute atomic E-state index is 0.0266. The number of nitrogens with one attached hydrogen (secondary N) is 1. The summed E-state index contributed by atoms with van der Waals surface area (Å²) < 4.78 is 0. The van der Waals surface area contributed by atoms with Crippen molar-refractivity contribution in [2.75, 3.05) is 25.5 Å². The number of likely N-dealkylation sites (tertiary alicyclic amines) is 1. The summed E-state index contributed by atoms with van der Waals surface area (Å²) in [5, 5.41) is 14.3. The van der Waals surface area contributed by atoms with Crippen LogP contribution < -0.4 is 5.32 Å². The van der Waals surface area contributed by atoms with Crippen LogP contribution in [0.4, 0.5) is 11.4 Å². The van der Waals surface area contributed by atoms with E-state index in [2.05, 4.69) is 17.3 Å². The lowest BCUT2D eigenvalue weighted by Crippen LogP contribution is -2.63. The van der Waals surface area contributed by atoms with Crippen LogP contribution >= 0.6 is 0 Å². The van der Waals surface area contributed by atoms with Crippen molar-refractivity contribution in [1.82, 2.24) is 4.90 Å². The molecule has 1 aromatic rings. The van der Waals surface area contributed by atoms with Gasteiger partial charge in [0, 0.05) is 30.8 Å². The first kappa shape index (κ1) is 13.1. The van der Waals surface area contributed by atoms with E-state index >= 15 is 0 Å². The zero-order chi connectivity index (χ0) is 14.3. The molecule has 1 N–H and O–H groups in total. The molecule has 1 aromatic carbocycles. The molecule has 1 saturated carbocycles. The van der Waals surface area contributed by atoms with Crippen molar-refractivity contribution in [3.63, 3.8) is 0 Å². The van der Waals surface area contributed by atoms with Crippen molar-refractivity contribution in [1.29, 1.82) is 0 Å². The lowest BCUT2D eigenvalue weighted by atomic mass is 9.61. The second-order valence-corrected chi connectivity index (χ2v) is 6.07. The van der Waals surface area contributed by atoms with Crippen molar-refractivity contribution < 1.29 is 9.72 Å². The molecular weight excluding hydrogens is 258 g/mol. The first-order valence-electron chi connectivity index (χ1n) is 6.70. The van der Waals surface area contributed by atoms with Gasteiger partial charge in [-0.2, -0.15) is 0 Å². The van der Waals surface area contributed by atoms with E-state index in [-0.39, 0.29) is 5.69 Å². The Hall–Kier alpha value is -1.95. The Kier molecular flexibility index (Phi) is 2.97. The number of carbonyl (C=O) groups excluding carboxylic acids is 1. The van der Waals surface area contributed by atoms with Crippen LogP contribution in [0, 0.1) is 15.5 Å². The number of rotatable bonds is 4. The Balaban J connectivity index is 1.69. The maximum atomic E-state index is 11.1. The number of nitrogens with zero attached hydrogens (tertiary/aromatic N) is 2. The van der Waals surface area contributed by atoms with E-state index < -0.39 is 4.92 Å². The lowest BCUT2D eigenvalue weighted by Gasteiger charge is -2.58. The summed E-state index contributed by atoms with van der Waals surface area (Å²) >= 11 is 0. The van der Waals surface area contributed by atoms with E-state index in [4.69, 9.17) is 0 Å². The summed E-state index contributed by atoms with van der Waals surface area (Å²) in [5.74, 6) is 0. The summed E-state index contributed by atoms with van der Waals surface area (Å²) in [4.78, 5) is 23.6. The molecule has 0 amide bonds. The van der Waals surface area contributed by atoms with Crippen LogP contribution in [0.1, 0.15) is 23.2 Å². The molecule has 1 saturated heterocycles. The number of benzene rings is 1. The fourth-order valence-electron chi connectivity index (χ4n) is 3.56. The zero-order valence-electron chi connectivity index (χ0n) is 11.3. The van der Waals surface area contributed by atoms with E-state index in [1.165, 1.54) is 6.07 Å². The second kappa shape index (κ2) is 4.56. The van der Waals surface area contributed by atoms with Gasteiger partial charge in [0.1, 0.15) is 12.0 Å². The predicted octanol–water partition coefficient (Wildman–Crippen LogP) is 1.91. The number of hydrogen-bond acceptors (Lipinski definition) is 5. The van der Waals surface area contributed by atoms with Crippen LogP contribution in [0.5, 0.6) is 0 Å². The van der Waals surface area contributed by atoms with E-state index in [1.807, 2.05) is 0 Å². The topological polar surface area (TPSA) is 75.5 Å². The molecule has 0 radical (unpaired) electrons. The van der Waals surface area contributed by atoms with Gasteiger partial charge in [-0.3, -0.25) is 14.9 Å². The average molecular weight is 275 g/mol. The maximum Gasteiger partial charge on any atom is 0.293 e. The van der Waals surface area contributed by atoms with Crippen molar-refractivity contribution in [2.45, 2.75) is 18.9 Å². The first-order valence-corrected chi connectivity index (χ1v) is 6.70. The molecule has 3 rings (SSSR count). The molecule has 1 heterocycles. The van der Waals surface area contributed by atoms with Gasteiger partial charge in [0.25, 0.3) is 5.69 Å². The normalized spacial score (nSPS) is 21.1. The third-order valence-corrected chi connectivity index (χ3v) is 4.28. The number of carbonyl (C=O) groups is 1. The van der Waals surface area contributed by atoms with E-state index in [9.17, 15) is 14.9 Å². The molecule has 1 spiro atoms. The lowest BCUT2D eigenvalue weighted by molar-refractivity contribution is -0.384. The van der Waals surface area contributed by atoms with Gasteiger partial charge in [-0.1, -0.05) is 0 Å². The Morgan fingerprint density at radius 2 is 2.15 bits per heavy atom. The Morgan fingerprint density at radius 3 is 2.70 bits per heavy atom. The van der Waals surface area contributed by atoms with Crippen molar-refractivity contribution in [2.24, 2.45) is 5.41 Å². The van der Waals surface area contributed by atoms with Crippen LogP contribution in [0.2, 0.25) is 0 Å². The highest BCUT2D eigenvalue weighted by molar-refractivity contribution is 5.79. The summed E-state index contributed by atoms with van der Waals surface area (Å²) in [6.45, 7) is 2.24. The number of aldehydes is 1. The minimum atomic E-state index is -0.444. The highest BCUT2D eigenvalue weighted by Gasteiger charge is 2.51. The molecule has 1 aliphatic heterocycles. The first-order chi connectivity index (χ1) is 9.51. The molecule has 6 nitrogen and oxygen atoms in total. The maximum absolute atomic E-state index is 11.1.